The van der Waals surface area contributed by atoms with Crippen molar-refractivity contribution in [3.05, 3.63) is 102 Å². The third-order valence-corrected chi connectivity index (χ3v) is 4.74. The summed E-state index contributed by atoms with van der Waals surface area (Å²) in [6.45, 7) is 0. The van der Waals surface area contributed by atoms with E-state index < -0.39 is 26.1 Å². The van der Waals surface area contributed by atoms with Gasteiger partial charge in [-0.05, 0) is 35.9 Å². The molecule has 0 aliphatic heterocycles. The number of aliphatic imine (C=N–C) groups is 1. The molecule has 0 amide bonds. The number of hydrogen-bond acceptors (Lipinski definition) is 8. The highest BCUT2D eigenvalue weighted by Crippen LogP contribution is 2.46. The number of nitro groups is 3. The van der Waals surface area contributed by atoms with Crippen LogP contribution in [-0.2, 0) is 0 Å². The van der Waals surface area contributed by atoms with Gasteiger partial charge >= 0.3 is 0 Å². The predicted octanol–water partition coefficient (Wildman–Crippen LogP) is 4.43. The molecule has 0 aromatic heterocycles. The van der Waals surface area contributed by atoms with Crippen molar-refractivity contribution in [1.82, 2.24) is 0 Å². The Morgan fingerprint density at radius 2 is 1.39 bits per heavy atom. The van der Waals surface area contributed by atoms with Crippen molar-refractivity contribution in [3.8, 4) is 17.2 Å². The Morgan fingerprint density at radius 3 is 1.97 bits per heavy atom. The minimum Gasteiger partial charge on any atom is -0.258 e. The normalized spacial score (nSPS) is 12.7. The summed E-state index contributed by atoms with van der Waals surface area (Å²) in [6.07, 6.45) is 0. The lowest BCUT2D eigenvalue weighted by molar-refractivity contribution is -0.393. The summed E-state index contributed by atoms with van der Waals surface area (Å²) < 4.78 is 0. The highest BCUT2D eigenvalue weighted by atomic mass is 16.6. The summed E-state index contributed by atoms with van der Waals surface area (Å²) in [6, 6.07) is 13.9. The fourth-order valence-electron chi connectivity index (χ4n) is 3.40. The molecule has 1 aliphatic carbocycles. The average Bonchev–Trinajstić information content (AvgIpc) is 3.06. The zero-order valence-corrected chi connectivity index (χ0v) is 15.4. The van der Waals surface area contributed by atoms with E-state index in [-0.39, 0.29) is 28.1 Å². The second-order valence-electron chi connectivity index (χ2n) is 6.51. The largest absolute Gasteiger partial charge is 0.284 e. The van der Waals surface area contributed by atoms with Crippen molar-refractivity contribution in [2.24, 2.45) is 4.99 Å². The van der Waals surface area contributed by atoms with Crippen LogP contribution in [0.25, 0.3) is 11.1 Å². The standard InChI is InChI=1S/C20H9N5O6/c21-10-11-1-3-12(4-2-11)22-20-16-7-13(23(26)27)5-6-15(16)19-17(20)8-14(24(28)29)9-18(19)25(30)31/h1-9H. The number of nitro benzene ring substituents is 3. The summed E-state index contributed by atoms with van der Waals surface area (Å²) in [5.74, 6) is 0. The molecular weight excluding hydrogens is 406 g/mol. The van der Waals surface area contributed by atoms with Crippen LogP contribution in [0.15, 0.2) is 59.6 Å². The molecule has 0 fully saturated rings. The maximum atomic E-state index is 11.7. The van der Waals surface area contributed by atoms with Crippen LogP contribution in [0.2, 0.25) is 0 Å². The molecule has 0 radical (unpaired) electrons. The van der Waals surface area contributed by atoms with Gasteiger partial charge in [-0.2, -0.15) is 5.26 Å². The van der Waals surface area contributed by atoms with Gasteiger partial charge in [0.1, 0.15) is 0 Å². The van der Waals surface area contributed by atoms with Crippen molar-refractivity contribution < 1.29 is 14.8 Å². The highest BCUT2D eigenvalue weighted by molar-refractivity contribution is 6.27. The summed E-state index contributed by atoms with van der Waals surface area (Å²) >= 11 is 0. The SMILES string of the molecule is N#Cc1ccc(N=C2c3cc([N+](=O)[O-])ccc3-c3c2cc([N+](=O)[O-])cc3[N+](=O)[O-])cc1. The molecule has 11 heteroatoms. The Morgan fingerprint density at radius 1 is 0.742 bits per heavy atom. The second kappa shape index (κ2) is 7.12. The minimum atomic E-state index is -0.752. The van der Waals surface area contributed by atoms with E-state index in [0.29, 0.717) is 16.8 Å². The van der Waals surface area contributed by atoms with E-state index >= 15 is 0 Å². The Balaban J connectivity index is 2.05. The quantitative estimate of drug-likeness (QED) is 0.351. The molecule has 3 aromatic carbocycles. The topological polar surface area (TPSA) is 166 Å². The van der Waals surface area contributed by atoms with Crippen LogP contribution in [0.5, 0.6) is 0 Å². The van der Waals surface area contributed by atoms with Crippen LogP contribution < -0.4 is 0 Å². The third-order valence-electron chi connectivity index (χ3n) is 4.74. The molecule has 4 rings (SSSR count). The van der Waals surface area contributed by atoms with E-state index in [4.69, 9.17) is 5.26 Å². The summed E-state index contributed by atoms with van der Waals surface area (Å²) in [4.78, 5) is 36.6. The van der Waals surface area contributed by atoms with Gasteiger partial charge in [-0.3, -0.25) is 30.3 Å². The number of fused-ring (bicyclic) bond motifs is 3. The minimum absolute atomic E-state index is 0.105. The number of nitrogens with zero attached hydrogens (tertiary/aromatic N) is 5. The molecule has 0 heterocycles. The van der Waals surface area contributed by atoms with Gasteiger partial charge in [0.15, 0.2) is 0 Å². The number of rotatable bonds is 4. The lowest BCUT2D eigenvalue weighted by Gasteiger charge is -2.03. The van der Waals surface area contributed by atoms with Crippen LogP contribution in [0.4, 0.5) is 22.7 Å². The fraction of sp³-hybridized carbons (Fsp3) is 0. The molecule has 1 aliphatic rings. The van der Waals surface area contributed by atoms with Crippen molar-refractivity contribution in [2.75, 3.05) is 0 Å². The maximum Gasteiger partial charge on any atom is 0.284 e. The van der Waals surface area contributed by atoms with Gasteiger partial charge in [-0.15, -0.1) is 0 Å². The molecule has 0 saturated carbocycles. The number of benzene rings is 3. The molecule has 0 unspecified atom stereocenters. The fourth-order valence-corrected chi connectivity index (χ4v) is 3.40. The first-order valence-corrected chi connectivity index (χ1v) is 8.65. The first-order valence-electron chi connectivity index (χ1n) is 8.65. The smallest absolute Gasteiger partial charge is 0.258 e. The number of hydrogen-bond donors (Lipinski definition) is 0. The van der Waals surface area contributed by atoms with Crippen LogP contribution >= 0.6 is 0 Å². The van der Waals surface area contributed by atoms with Crippen LogP contribution in [0.1, 0.15) is 16.7 Å². The predicted molar refractivity (Wildman–Crippen MR) is 108 cm³/mol. The number of nitriles is 1. The molecule has 0 atom stereocenters. The van der Waals surface area contributed by atoms with E-state index in [0.717, 1.165) is 12.1 Å². The van der Waals surface area contributed by atoms with E-state index in [1.54, 1.807) is 0 Å². The van der Waals surface area contributed by atoms with Crippen molar-refractivity contribution in [3.63, 3.8) is 0 Å². The summed E-state index contributed by atoms with van der Waals surface area (Å²) in [7, 11) is 0. The molecule has 0 bridgehead atoms. The van der Waals surface area contributed by atoms with E-state index in [1.165, 1.54) is 42.5 Å². The van der Waals surface area contributed by atoms with E-state index in [2.05, 4.69) is 4.99 Å². The lowest BCUT2D eigenvalue weighted by atomic mass is 10.0. The summed E-state index contributed by atoms with van der Waals surface area (Å²) in [5, 5.41) is 43.2. The maximum absolute atomic E-state index is 11.7. The lowest BCUT2D eigenvalue weighted by Crippen LogP contribution is -2.01. The number of non-ortho nitro benzene ring substituents is 2. The van der Waals surface area contributed by atoms with Crippen molar-refractivity contribution >= 4 is 28.5 Å². The van der Waals surface area contributed by atoms with Crippen molar-refractivity contribution in [2.45, 2.75) is 0 Å². The molecular formula is C20H9N5O6. The first-order chi connectivity index (χ1) is 14.8. The van der Waals surface area contributed by atoms with Crippen molar-refractivity contribution in [1.29, 1.82) is 5.26 Å². The Bertz CT molecular complexity index is 1370. The monoisotopic (exact) mass is 415 g/mol. The van der Waals surface area contributed by atoms with Gasteiger partial charge in [0.25, 0.3) is 17.1 Å². The molecule has 3 aromatic rings. The van der Waals surface area contributed by atoms with Crippen LogP contribution in [-0.4, -0.2) is 20.5 Å². The molecule has 0 saturated heterocycles. The zero-order valence-electron chi connectivity index (χ0n) is 15.4. The van der Waals surface area contributed by atoms with E-state index in [9.17, 15) is 30.3 Å². The second-order valence-corrected chi connectivity index (χ2v) is 6.51. The Kier molecular flexibility index (Phi) is 4.44. The molecule has 31 heavy (non-hydrogen) atoms. The van der Waals surface area contributed by atoms with Gasteiger partial charge in [-0.25, -0.2) is 4.99 Å². The molecule has 11 nitrogen and oxygen atoms in total. The van der Waals surface area contributed by atoms with Crippen LogP contribution in [0, 0.1) is 41.7 Å². The van der Waals surface area contributed by atoms with Crippen LogP contribution in [0.3, 0.4) is 0 Å². The van der Waals surface area contributed by atoms with Gasteiger partial charge in [0.05, 0.1) is 49.4 Å². The average molecular weight is 415 g/mol. The summed E-state index contributed by atoms with van der Waals surface area (Å²) in [5.41, 5.74) is 0.429. The molecule has 0 spiro atoms. The Hall–Kier alpha value is -4.98. The Labute approximate surface area is 173 Å². The van der Waals surface area contributed by atoms with Gasteiger partial charge in [-0.1, -0.05) is 0 Å². The van der Waals surface area contributed by atoms with Gasteiger partial charge in [0.2, 0.25) is 0 Å². The third kappa shape index (κ3) is 3.23. The van der Waals surface area contributed by atoms with Gasteiger partial charge in [0, 0.05) is 29.3 Å². The first kappa shape index (κ1) is 19.3. The van der Waals surface area contributed by atoms with E-state index in [1.807, 2.05) is 6.07 Å². The molecule has 150 valence electrons. The zero-order chi connectivity index (χ0) is 22.3. The molecule has 0 N–H and O–H groups in total. The van der Waals surface area contributed by atoms with Gasteiger partial charge < -0.3 is 0 Å². The highest BCUT2D eigenvalue weighted by Gasteiger charge is 2.35.